The Morgan fingerprint density at radius 2 is 2.05 bits per heavy atom. The first kappa shape index (κ1) is 17.4. The first-order chi connectivity index (χ1) is 10.7. The fraction of sp³-hybridized carbons (Fsp3) is 0.706. The molecule has 0 saturated carbocycles. The Labute approximate surface area is 137 Å². The summed E-state index contributed by atoms with van der Waals surface area (Å²) in [5, 5.41) is 10.3. The molecule has 0 bridgehead atoms. The summed E-state index contributed by atoms with van der Waals surface area (Å²) < 4.78 is 5.12. The third-order valence-electron chi connectivity index (χ3n) is 4.01. The molecule has 22 heavy (non-hydrogen) atoms. The minimum Gasteiger partial charge on any atom is -0.462 e. The van der Waals surface area contributed by atoms with E-state index in [1.807, 2.05) is 13.0 Å². The van der Waals surface area contributed by atoms with Crippen LogP contribution in [0, 0.1) is 0 Å². The van der Waals surface area contributed by atoms with Crippen LogP contribution >= 0.6 is 11.3 Å². The Morgan fingerprint density at radius 1 is 1.32 bits per heavy atom. The molecule has 0 aliphatic carbocycles. The lowest BCUT2D eigenvalue weighted by atomic mass is 10.2. The molecule has 0 aromatic carbocycles. The Kier molecular flexibility index (Phi) is 7.36. The number of hydrogen-bond donors (Lipinski definition) is 1. The van der Waals surface area contributed by atoms with E-state index in [4.69, 9.17) is 4.74 Å². The van der Waals surface area contributed by atoms with Gasteiger partial charge in [-0.2, -0.15) is 0 Å². The number of carbonyl (C=O) groups is 1. The molecule has 4 nitrogen and oxygen atoms in total. The molecule has 1 saturated heterocycles. The third kappa shape index (κ3) is 5.38. The van der Waals surface area contributed by atoms with Crippen LogP contribution in [0.4, 0.5) is 0 Å². The van der Waals surface area contributed by atoms with Crippen molar-refractivity contribution in [2.75, 3.05) is 26.2 Å². The van der Waals surface area contributed by atoms with Gasteiger partial charge in [-0.15, -0.1) is 11.3 Å². The number of thiophene rings is 1. The van der Waals surface area contributed by atoms with E-state index >= 15 is 0 Å². The molecule has 0 radical (unpaired) electrons. The highest BCUT2D eigenvalue weighted by Gasteiger charge is 2.17. The van der Waals surface area contributed by atoms with Crippen molar-refractivity contribution in [1.82, 2.24) is 4.90 Å². The number of ether oxygens (including phenoxy) is 1. The molecule has 2 rings (SSSR count). The summed E-state index contributed by atoms with van der Waals surface area (Å²) in [5.41, 5.74) is 0. The highest BCUT2D eigenvalue weighted by molar-refractivity contribution is 7.14. The molecule has 1 aliphatic rings. The molecular formula is C17H27NO3S. The molecule has 1 aliphatic heterocycles. The molecule has 124 valence electrons. The summed E-state index contributed by atoms with van der Waals surface area (Å²) in [7, 11) is 0. The van der Waals surface area contributed by atoms with Gasteiger partial charge in [0.15, 0.2) is 0 Å². The predicted molar refractivity (Wildman–Crippen MR) is 89.4 cm³/mol. The van der Waals surface area contributed by atoms with Crippen LogP contribution in [0.1, 0.15) is 66.1 Å². The van der Waals surface area contributed by atoms with E-state index in [1.165, 1.54) is 37.0 Å². The first-order valence-electron chi connectivity index (χ1n) is 8.38. The maximum absolute atomic E-state index is 11.8. The number of likely N-dealkylation sites (tertiary alicyclic amines) is 1. The summed E-state index contributed by atoms with van der Waals surface area (Å²) in [6, 6.07) is 3.60. The largest absolute Gasteiger partial charge is 0.462 e. The number of esters is 1. The summed E-state index contributed by atoms with van der Waals surface area (Å²) >= 11 is 1.35. The Balaban J connectivity index is 1.80. The minimum atomic E-state index is -0.485. The van der Waals surface area contributed by atoms with Crippen LogP contribution in [-0.2, 0) is 4.74 Å². The second-order valence-electron chi connectivity index (χ2n) is 5.90. The van der Waals surface area contributed by atoms with Crippen LogP contribution in [-0.4, -0.2) is 42.2 Å². The lowest BCUT2D eigenvalue weighted by Crippen LogP contribution is -2.26. The standard InChI is InChI=1S/C17H27NO3S/c1-2-13-21-17(20)16-8-7-15(22-16)14(19)9-12-18-10-5-3-4-6-11-18/h7-8,14,19H,2-6,9-13H2,1H3. The Hall–Kier alpha value is -0.910. The summed E-state index contributed by atoms with van der Waals surface area (Å²) in [6.07, 6.45) is 6.25. The SMILES string of the molecule is CCCOC(=O)c1ccc(C(O)CCN2CCCCCC2)s1. The quantitative estimate of drug-likeness (QED) is 0.778. The van der Waals surface area contributed by atoms with Gasteiger partial charge >= 0.3 is 5.97 Å². The molecule has 0 spiro atoms. The minimum absolute atomic E-state index is 0.280. The van der Waals surface area contributed by atoms with Gasteiger partial charge in [0.25, 0.3) is 0 Å². The molecule has 1 atom stereocenters. The van der Waals surface area contributed by atoms with Crippen molar-refractivity contribution >= 4 is 17.3 Å². The van der Waals surface area contributed by atoms with Crippen molar-refractivity contribution in [3.8, 4) is 0 Å². The average Bonchev–Trinajstić information content (AvgIpc) is 2.88. The molecule has 1 aromatic rings. The van der Waals surface area contributed by atoms with Crippen LogP contribution in [0.3, 0.4) is 0 Å². The Bertz CT molecular complexity index is 453. The van der Waals surface area contributed by atoms with Gasteiger partial charge in [-0.3, -0.25) is 0 Å². The van der Waals surface area contributed by atoms with Gasteiger partial charge in [0.05, 0.1) is 12.7 Å². The van der Waals surface area contributed by atoms with E-state index in [0.717, 1.165) is 37.4 Å². The monoisotopic (exact) mass is 325 g/mol. The Morgan fingerprint density at radius 3 is 2.73 bits per heavy atom. The van der Waals surface area contributed by atoms with Crippen LogP contribution in [0.25, 0.3) is 0 Å². The maximum atomic E-state index is 11.8. The van der Waals surface area contributed by atoms with Crippen molar-refractivity contribution in [2.45, 2.75) is 51.6 Å². The number of carbonyl (C=O) groups excluding carboxylic acids is 1. The summed E-state index contributed by atoms with van der Waals surface area (Å²) in [4.78, 5) is 15.7. The van der Waals surface area contributed by atoms with E-state index in [0.29, 0.717) is 11.5 Å². The van der Waals surface area contributed by atoms with E-state index in [9.17, 15) is 9.90 Å². The summed E-state index contributed by atoms with van der Waals surface area (Å²) in [6.45, 7) is 5.63. The second kappa shape index (κ2) is 9.28. The van der Waals surface area contributed by atoms with Gasteiger partial charge < -0.3 is 14.7 Å². The molecule has 1 fully saturated rings. The van der Waals surface area contributed by atoms with Crippen molar-refractivity contribution < 1.29 is 14.6 Å². The van der Waals surface area contributed by atoms with Gasteiger partial charge in [-0.25, -0.2) is 4.79 Å². The van der Waals surface area contributed by atoms with E-state index in [1.54, 1.807) is 6.07 Å². The molecular weight excluding hydrogens is 298 g/mol. The number of hydrogen-bond acceptors (Lipinski definition) is 5. The van der Waals surface area contributed by atoms with Gasteiger partial charge in [0, 0.05) is 11.4 Å². The highest BCUT2D eigenvalue weighted by Crippen LogP contribution is 2.26. The molecule has 1 aromatic heterocycles. The van der Waals surface area contributed by atoms with Crippen LogP contribution in [0.15, 0.2) is 12.1 Å². The number of rotatable bonds is 7. The van der Waals surface area contributed by atoms with Crippen LogP contribution in [0.2, 0.25) is 0 Å². The van der Waals surface area contributed by atoms with E-state index in [2.05, 4.69) is 4.90 Å². The number of aliphatic hydroxyl groups excluding tert-OH is 1. The van der Waals surface area contributed by atoms with E-state index in [-0.39, 0.29) is 5.97 Å². The molecule has 1 N–H and O–H groups in total. The molecule has 2 heterocycles. The third-order valence-corrected chi connectivity index (χ3v) is 5.18. The first-order valence-corrected chi connectivity index (χ1v) is 9.19. The zero-order valence-corrected chi connectivity index (χ0v) is 14.2. The zero-order valence-electron chi connectivity index (χ0n) is 13.4. The van der Waals surface area contributed by atoms with Crippen molar-refractivity contribution in [2.24, 2.45) is 0 Å². The zero-order chi connectivity index (χ0) is 15.8. The second-order valence-corrected chi connectivity index (χ2v) is 7.01. The van der Waals surface area contributed by atoms with Crippen LogP contribution < -0.4 is 0 Å². The van der Waals surface area contributed by atoms with E-state index < -0.39 is 6.10 Å². The molecule has 5 heteroatoms. The van der Waals surface area contributed by atoms with Gasteiger partial charge in [-0.05, 0) is 50.9 Å². The van der Waals surface area contributed by atoms with Crippen molar-refractivity contribution in [3.05, 3.63) is 21.9 Å². The van der Waals surface area contributed by atoms with Crippen molar-refractivity contribution in [3.63, 3.8) is 0 Å². The summed E-state index contributed by atoms with van der Waals surface area (Å²) in [5.74, 6) is -0.280. The van der Waals surface area contributed by atoms with Crippen molar-refractivity contribution in [1.29, 1.82) is 0 Å². The number of aliphatic hydroxyl groups is 1. The topological polar surface area (TPSA) is 49.8 Å². The fourth-order valence-electron chi connectivity index (χ4n) is 2.71. The fourth-order valence-corrected chi connectivity index (χ4v) is 3.64. The number of nitrogens with zero attached hydrogens (tertiary/aromatic N) is 1. The highest BCUT2D eigenvalue weighted by atomic mass is 32.1. The molecule has 0 amide bonds. The normalized spacial score (nSPS) is 17.9. The smallest absolute Gasteiger partial charge is 0.348 e. The van der Waals surface area contributed by atoms with Gasteiger partial charge in [0.1, 0.15) is 4.88 Å². The predicted octanol–water partition coefficient (Wildman–Crippen LogP) is 3.61. The maximum Gasteiger partial charge on any atom is 0.348 e. The lowest BCUT2D eigenvalue weighted by Gasteiger charge is -2.21. The van der Waals surface area contributed by atoms with Gasteiger partial charge in [-0.1, -0.05) is 19.8 Å². The average molecular weight is 325 g/mol. The lowest BCUT2D eigenvalue weighted by molar-refractivity contribution is 0.0511. The molecule has 1 unspecified atom stereocenters. The van der Waals surface area contributed by atoms with Crippen LogP contribution in [0.5, 0.6) is 0 Å². The van der Waals surface area contributed by atoms with Gasteiger partial charge in [0.2, 0.25) is 0 Å².